The van der Waals surface area contributed by atoms with E-state index < -0.39 is 5.97 Å². The zero-order valence-corrected chi connectivity index (χ0v) is 37.9. The van der Waals surface area contributed by atoms with Crippen LogP contribution in [0.15, 0.2) is 65.9 Å². The van der Waals surface area contributed by atoms with Crippen molar-refractivity contribution in [2.24, 2.45) is 12.8 Å². The molecule has 11 nitrogen and oxygen atoms in total. The first-order chi connectivity index (χ1) is 29.1. The Morgan fingerprint density at radius 3 is 2.34 bits per heavy atom. The van der Waals surface area contributed by atoms with Crippen LogP contribution in [0.25, 0.3) is 32.9 Å². The van der Waals surface area contributed by atoms with E-state index >= 15 is 4.79 Å². The summed E-state index contributed by atoms with van der Waals surface area (Å²) < 4.78 is 18.0. The first-order valence-corrected chi connectivity index (χ1v) is 21.5. The minimum absolute atomic E-state index is 0.0539. The van der Waals surface area contributed by atoms with Gasteiger partial charge in [0, 0.05) is 64.0 Å². The fraction of sp³-hybridized carbons (Fsp3) is 0.354. The van der Waals surface area contributed by atoms with Crippen molar-refractivity contribution in [3.05, 3.63) is 115 Å². The van der Waals surface area contributed by atoms with E-state index in [-0.39, 0.29) is 30.7 Å². The maximum Gasteiger partial charge on any atom is 0.352 e. The molecular weight excluding hydrogens is 811 g/mol. The van der Waals surface area contributed by atoms with Crippen molar-refractivity contribution in [3.8, 4) is 22.6 Å². The summed E-state index contributed by atoms with van der Waals surface area (Å²) in [5, 5.41) is 18.1. The molecule has 0 saturated carbocycles. The normalized spacial score (nSPS) is 14.7. The molecule has 0 aliphatic carbocycles. The number of amides is 1. The van der Waals surface area contributed by atoms with Crippen LogP contribution in [-0.2, 0) is 20.0 Å². The van der Waals surface area contributed by atoms with Gasteiger partial charge in [0.2, 0.25) is 0 Å². The molecule has 1 amide bonds. The number of rotatable bonds is 14. The van der Waals surface area contributed by atoms with Crippen LogP contribution in [0.2, 0.25) is 10.0 Å². The number of aromatic carboxylic acids is 1. The predicted octanol–water partition coefficient (Wildman–Crippen LogP) is 11.1. The summed E-state index contributed by atoms with van der Waals surface area (Å²) in [6, 6.07) is 12.9. The molecule has 13 heteroatoms. The van der Waals surface area contributed by atoms with Gasteiger partial charge in [-0.15, -0.1) is 0 Å². The van der Waals surface area contributed by atoms with E-state index in [1.807, 2.05) is 103 Å². The maximum absolute atomic E-state index is 15.6. The number of ether oxygens (including phenoxy) is 2. The van der Waals surface area contributed by atoms with Gasteiger partial charge in [-0.1, -0.05) is 47.8 Å². The van der Waals surface area contributed by atoms with Crippen LogP contribution >= 0.6 is 23.2 Å². The molecule has 0 bridgehead atoms. The standard InChI is InChI=1S/C48H54Cl2N6O5/c1-10-13-26(3)18-33(51)25-54-40(48(58)59)22-32-21-35(60-11-2)23-39(44(32)54)55-24-29(6)56-45-37(15-16-38(49)42(45)41-30(7)52-53(9)31(41)8)36(46(56)47(55)57)14-12-17-61-34-19-27(4)43(50)28(5)20-34/h13,15-16,18-23,29H,10-12,14,17,24-25,51H2,1-9H3,(H,58,59)/b26-13-,33-18-/t29-/m1/s1. The number of aromatic nitrogens is 4. The molecule has 0 saturated heterocycles. The molecule has 1 aliphatic rings. The van der Waals surface area contributed by atoms with Crippen molar-refractivity contribution in [1.29, 1.82) is 0 Å². The summed E-state index contributed by atoms with van der Waals surface area (Å²) in [5.74, 6) is -0.0613. The highest BCUT2D eigenvalue weighted by atomic mass is 35.5. The smallest absolute Gasteiger partial charge is 0.352 e. The third kappa shape index (κ3) is 8.01. The van der Waals surface area contributed by atoms with E-state index in [0.29, 0.717) is 64.8 Å². The number of carbonyl (C=O) groups excluding carboxylic acids is 1. The lowest BCUT2D eigenvalue weighted by molar-refractivity contribution is 0.0686. The van der Waals surface area contributed by atoms with Gasteiger partial charge in [-0.3, -0.25) is 9.48 Å². The fourth-order valence-electron chi connectivity index (χ4n) is 9.00. The van der Waals surface area contributed by atoms with Crippen LogP contribution < -0.4 is 20.1 Å². The number of nitrogens with zero attached hydrogens (tertiary/aromatic N) is 5. The summed E-state index contributed by atoms with van der Waals surface area (Å²) in [4.78, 5) is 30.2. The van der Waals surface area contributed by atoms with Crippen molar-refractivity contribution < 1.29 is 24.2 Å². The van der Waals surface area contributed by atoms with Crippen molar-refractivity contribution >= 4 is 62.6 Å². The highest BCUT2D eigenvalue weighted by Gasteiger charge is 2.38. The van der Waals surface area contributed by atoms with Gasteiger partial charge in [0.15, 0.2) is 0 Å². The average molecular weight is 866 g/mol. The molecule has 4 heterocycles. The Labute approximate surface area is 366 Å². The highest BCUT2D eigenvalue weighted by molar-refractivity contribution is 6.35. The number of fused-ring (bicyclic) bond motifs is 4. The molecule has 0 fully saturated rings. The molecule has 3 aromatic carbocycles. The average Bonchev–Trinajstić information content (AvgIpc) is 3.82. The number of allylic oxidation sites excluding steroid dienone is 4. The number of carboxylic acids is 1. The van der Waals surface area contributed by atoms with Gasteiger partial charge in [0.05, 0.1) is 47.2 Å². The van der Waals surface area contributed by atoms with Crippen molar-refractivity contribution in [3.63, 3.8) is 0 Å². The van der Waals surface area contributed by atoms with Gasteiger partial charge in [-0.25, -0.2) is 4.79 Å². The number of carbonyl (C=O) groups is 2. The number of hydrogen-bond acceptors (Lipinski definition) is 6. The van der Waals surface area contributed by atoms with E-state index in [4.69, 9.17) is 43.5 Å². The second-order valence-electron chi connectivity index (χ2n) is 16.1. The molecule has 1 atom stereocenters. The lowest BCUT2D eigenvalue weighted by Gasteiger charge is -2.35. The quantitative estimate of drug-likeness (QED) is 0.0824. The van der Waals surface area contributed by atoms with Gasteiger partial charge in [-0.05, 0) is 121 Å². The number of benzene rings is 3. The van der Waals surface area contributed by atoms with Crippen molar-refractivity contribution in [2.75, 3.05) is 24.7 Å². The number of hydrogen-bond donors (Lipinski definition) is 2. The van der Waals surface area contributed by atoms with Gasteiger partial charge in [-0.2, -0.15) is 5.10 Å². The Kier molecular flexibility index (Phi) is 12.4. The van der Waals surface area contributed by atoms with E-state index in [0.717, 1.165) is 72.9 Å². The van der Waals surface area contributed by atoms with Gasteiger partial charge < -0.3 is 34.3 Å². The molecule has 0 unspecified atom stereocenters. The summed E-state index contributed by atoms with van der Waals surface area (Å²) in [6.45, 7) is 17.1. The summed E-state index contributed by atoms with van der Waals surface area (Å²) in [6.07, 6.45) is 5.91. The van der Waals surface area contributed by atoms with Crippen LogP contribution in [0.5, 0.6) is 11.5 Å². The van der Waals surface area contributed by atoms with Crippen LogP contribution in [-0.4, -0.2) is 55.7 Å². The SMILES string of the molecule is CC/C=C(C)\C=C(/N)Cn1c(C(=O)O)cc2cc(OCC)cc(N3C[C@@H](C)n4c(c(CCCOc5cc(C)c(Cl)c(C)c5)c5ccc(Cl)c(-c6c(C)nn(C)c6C)c54)C3=O)c21. The second kappa shape index (κ2) is 17.4. The van der Waals surface area contributed by atoms with E-state index in [2.05, 4.69) is 17.6 Å². The van der Waals surface area contributed by atoms with Crippen molar-refractivity contribution in [2.45, 2.75) is 87.2 Å². The largest absolute Gasteiger partial charge is 0.494 e. The predicted molar refractivity (Wildman–Crippen MR) is 246 cm³/mol. The summed E-state index contributed by atoms with van der Waals surface area (Å²) in [5.41, 5.74) is 17.0. The van der Waals surface area contributed by atoms with Crippen molar-refractivity contribution in [1.82, 2.24) is 18.9 Å². The molecule has 6 aromatic rings. The lowest BCUT2D eigenvalue weighted by atomic mass is 9.98. The number of carboxylic acid groups (broad SMARTS) is 1. The third-order valence-corrected chi connectivity index (χ3v) is 12.5. The minimum atomic E-state index is -1.11. The Balaban J connectivity index is 1.42. The number of anilines is 1. The van der Waals surface area contributed by atoms with Gasteiger partial charge >= 0.3 is 5.97 Å². The van der Waals surface area contributed by atoms with E-state index in [9.17, 15) is 9.90 Å². The van der Waals surface area contributed by atoms with Gasteiger partial charge in [0.25, 0.3) is 5.91 Å². The third-order valence-electron chi connectivity index (χ3n) is 11.6. The number of halogens is 2. The summed E-state index contributed by atoms with van der Waals surface area (Å²) >= 11 is 13.6. The maximum atomic E-state index is 15.6. The zero-order valence-electron chi connectivity index (χ0n) is 36.4. The molecule has 0 spiro atoms. The number of nitrogens with two attached hydrogens (primary N) is 1. The fourth-order valence-corrected chi connectivity index (χ4v) is 9.36. The summed E-state index contributed by atoms with van der Waals surface area (Å²) in [7, 11) is 1.92. The van der Waals surface area contributed by atoms with Crippen LogP contribution in [0, 0.1) is 27.7 Å². The lowest BCUT2D eigenvalue weighted by Crippen LogP contribution is -2.43. The molecular formula is C48H54Cl2N6O5. The molecule has 0 radical (unpaired) electrons. The molecule has 320 valence electrons. The molecule has 61 heavy (non-hydrogen) atoms. The Hall–Kier alpha value is -5.65. The Morgan fingerprint density at radius 1 is 1.00 bits per heavy atom. The van der Waals surface area contributed by atoms with Gasteiger partial charge in [0.1, 0.15) is 22.9 Å². The van der Waals surface area contributed by atoms with Crippen LogP contribution in [0.1, 0.15) is 95.6 Å². The van der Waals surface area contributed by atoms with E-state index in [1.54, 1.807) is 15.5 Å². The van der Waals surface area contributed by atoms with Crippen LogP contribution in [0.4, 0.5) is 5.69 Å². The topological polar surface area (TPSA) is 130 Å². The zero-order chi connectivity index (χ0) is 44.0. The first kappa shape index (κ1) is 43.4. The molecule has 1 aliphatic heterocycles. The Bertz CT molecular complexity index is 2770. The first-order valence-electron chi connectivity index (χ1n) is 20.8. The molecule has 3 N–H and O–H groups in total. The molecule has 3 aromatic heterocycles. The minimum Gasteiger partial charge on any atom is -0.494 e. The molecule has 7 rings (SSSR count). The Morgan fingerprint density at radius 2 is 1.70 bits per heavy atom. The second-order valence-corrected chi connectivity index (χ2v) is 16.9. The van der Waals surface area contributed by atoms with E-state index in [1.165, 1.54) is 0 Å². The highest BCUT2D eigenvalue weighted by Crippen LogP contribution is 2.46. The number of aryl methyl sites for hydroxylation is 5. The monoisotopic (exact) mass is 864 g/mol. The van der Waals surface area contributed by atoms with Crippen LogP contribution in [0.3, 0.4) is 0 Å².